The normalized spacial score (nSPS) is 19.8. The zero-order chi connectivity index (χ0) is 16.0. The molecule has 2 rings (SSSR count). The summed E-state index contributed by atoms with van der Waals surface area (Å²) < 4.78 is 28.4. The molecule has 1 amide bonds. The molecule has 1 fully saturated rings. The van der Waals surface area contributed by atoms with E-state index in [-0.39, 0.29) is 23.5 Å². The minimum atomic E-state index is -2.98. The Hall–Kier alpha value is -1.56. The molecule has 0 spiro atoms. The van der Waals surface area contributed by atoms with Crippen LogP contribution in [0.15, 0.2) is 24.3 Å². The van der Waals surface area contributed by atoms with E-state index in [1.807, 2.05) is 0 Å². The van der Waals surface area contributed by atoms with Crippen LogP contribution in [0.25, 0.3) is 0 Å². The molecule has 1 aliphatic rings. The summed E-state index contributed by atoms with van der Waals surface area (Å²) in [5, 5.41) is 2.77. The zero-order valence-corrected chi connectivity index (χ0v) is 13.7. The number of hydrogen-bond acceptors (Lipinski definition) is 4. The summed E-state index contributed by atoms with van der Waals surface area (Å²) in [6.45, 7) is 2.82. The lowest BCUT2D eigenvalue weighted by Gasteiger charge is -2.11. The van der Waals surface area contributed by atoms with Crippen LogP contribution in [0.4, 0.5) is 0 Å². The third kappa shape index (κ3) is 5.02. The molecule has 1 saturated heterocycles. The molecular weight excluding hydrogens is 302 g/mol. The van der Waals surface area contributed by atoms with Gasteiger partial charge in [-0.2, -0.15) is 0 Å². The predicted octanol–water partition coefficient (Wildman–Crippen LogP) is 2.17. The van der Waals surface area contributed by atoms with Crippen molar-refractivity contribution in [3.8, 4) is 5.75 Å². The summed E-state index contributed by atoms with van der Waals surface area (Å²) in [6, 6.07) is 6.67. The molecular formula is C16H23NO4S. The second kappa shape index (κ2) is 7.63. The smallest absolute Gasteiger partial charge is 0.251 e. The zero-order valence-electron chi connectivity index (χ0n) is 12.9. The Morgan fingerprint density at radius 1 is 1.27 bits per heavy atom. The Morgan fingerprint density at radius 2 is 2.00 bits per heavy atom. The molecule has 1 N–H and O–H groups in total. The van der Waals surface area contributed by atoms with E-state index in [1.54, 1.807) is 24.3 Å². The van der Waals surface area contributed by atoms with Crippen LogP contribution >= 0.6 is 0 Å². The van der Waals surface area contributed by atoms with Gasteiger partial charge in [0.25, 0.3) is 5.91 Å². The average molecular weight is 325 g/mol. The van der Waals surface area contributed by atoms with Gasteiger partial charge in [0, 0.05) is 11.6 Å². The van der Waals surface area contributed by atoms with Crippen molar-refractivity contribution in [2.75, 3.05) is 18.1 Å². The summed E-state index contributed by atoms with van der Waals surface area (Å²) in [5.74, 6) is 0.704. The van der Waals surface area contributed by atoms with Gasteiger partial charge in [0.1, 0.15) is 5.75 Å². The van der Waals surface area contributed by atoms with Gasteiger partial charge >= 0.3 is 0 Å². The molecule has 1 atom stereocenters. The first kappa shape index (κ1) is 16.8. The van der Waals surface area contributed by atoms with Gasteiger partial charge in [0.15, 0.2) is 9.84 Å². The molecule has 122 valence electrons. The van der Waals surface area contributed by atoms with E-state index in [1.165, 1.54) is 0 Å². The number of carbonyl (C=O) groups excluding carboxylic acids is 1. The summed E-state index contributed by atoms with van der Waals surface area (Å²) in [7, 11) is -2.98. The van der Waals surface area contributed by atoms with E-state index in [2.05, 4.69) is 12.2 Å². The van der Waals surface area contributed by atoms with E-state index in [0.717, 1.165) is 25.0 Å². The van der Waals surface area contributed by atoms with E-state index in [9.17, 15) is 13.2 Å². The van der Waals surface area contributed by atoms with Gasteiger partial charge < -0.3 is 10.1 Å². The number of rotatable bonds is 7. The highest BCUT2D eigenvalue weighted by molar-refractivity contribution is 7.91. The Morgan fingerprint density at radius 3 is 2.59 bits per heavy atom. The third-order valence-corrected chi connectivity index (χ3v) is 5.47. The number of unbranched alkanes of at least 4 members (excludes halogenated alkanes) is 2. The van der Waals surface area contributed by atoms with Gasteiger partial charge in [0.05, 0.1) is 18.1 Å². The van der Waals surface area contributed by atoms with Crippen LogP contribution in [-0.4, -0.2) is 38.5 Å². The van der Waals surface area contributed by atoms with Gasteiger partial charge in [-0.3, -0.25) is 4.79 Å². The van der Waals surface area contributed by atoms with Gasteiger partial charge in [-0.15, -0.1) is 0 Å². The Bertz CT molecular complexity index is 595. The Balaban J connectivity index is 1.83. The fourth-order valence-corrected chi connectivity index (χ4v) is 4.10. The second-order valence-corrected chi connectivity index (χ2v) is 7.88. The molecule has 22 heavy (non-hydrogen) atoms. The molecule has 1 aliphatic heterocycles. The lowest BCUT2D eigenvalue weighted by molar-refractivity contribution is 0.0941. The number of carbonyl (C=O) groups is 1. The van der Waals surface area contributed by atoms with E-state index in [4.69, 9.17) is 4.74 Å². The fraction of sp³-hybridized carbons (Fsp3) is 0.562. The highest BCUT2D eigenvalue weighted by atomic mass is 32.2. The topological polar surface area (TPSA) is 72.5 Å². The van der Waals surface area contributed by atoms with Crippen molar-refractivity contribution in [2.24, 2.45) is 0 Å². The molecule has 1 aromatic rings. The predicted molar refractivity (Wildman–Crippen MR) is 86.0 cm³/mol. The van der Waals surface area contributed by atoms with Crippen LogP contribution in [-0.2, 0) is 9.84 Å². The molecule has 0 saturated carbocycles. The van der Waals surface area contributed by atoms with Crippen molar-refractivity contribution >= 4 is 15.7 Å². The van der Waals surface area contributed by atoms with Gasteiger partial charge in [-0.25, -0.2) is 8.42 Å². The maximum Gasteiger partial charge on any atom is 0.251 e. The molecule has 0 radical (unpaired) electrons. The summed E-state index contributed by atoms with van der Waals surface area (Å²) in [5.41, 5.74) is 0.519. The quantitative estimate of drug-likeness (QED) is 0.780. The first-order chi connectivity index (χ1) is 10.5. The van der Waals surface area contributed by atoms with E-state index >= 15 is 0 Å². The standard InChI is InChI=1S/C16H23NO4S/c1-2-3-4-10-21-15-7-5-13(6-8-15)16(18)17-14-9-11-22(19,20)12-14/h5-8,14H,2-4,9-12H2,1H3,(H,17,18)/t14-/m0/s1. The fourth-order valence-electron chi connectivity index (χ4n) is 2.42. The highest BCUT2D eigenvalue weighted by Crippen LogP contribution is 2.15. The van der Waals surface area contributed by atoms with E-state index < -0.39 is 9.84 Å². The number of hydrogen-bond donors (Lipinski definition) is 1. The maximum atomic E-state index is 12.1. The highest BCUT2D eigenvalue weighted by Gasteiger charge is 2.29. The van der Waals surface area contributed by atoms with Crippen LogP contribution in [0.3, 0.4) is 0 Å². The molecule has 0 aliphatic carbocycles. The van der Waals surface area contributed by atoms with Crippen molar-refractivity contribution in [3.05, 3.63) is 29.8 Å². The maximum absolute atomic E-state index is 12.1. The Kier molecular flexibility index (Phi) is 5.83. The molecule has 6 heteroatoms. The lowest BCUT2D eigenvalue weighted by atomic mass is 10.2. The second-order valence-electron chi connectivity index (χ2n) is 5.65. The monoisotopic (exact) mass is 325 g/mol. The molecule has 5 nitrogen and oxygen atoms in total. The first-order valence-electron chi connectivity index (χ1n) is 7.74. The molecule has 0 aromatic heterocycles. The largest absolute Gasteiger partial charge is 0.494 e. The van der Waals surface area contributed by atoms with Crippen molar-refractivity contribution in [1.82, 2.24) is 5.32 Å². The summed E-state index contributed by atoms with van der Waals surface area (Å²) in [6.07, 6.45) is 3.81. The van der Waals surface area contributed by atoms with Crippen molar-refractivity contribution in [2.45, 2.75) is 38.6 Å². The van der Waals surface area contributed by atoms with Gasteiger partial charge in [-0.05, 0) is 37.1 Å². The molecule has 1 heterocycles. The minimum absolute atomic E-state index is 0.0391. The number of nitrogens with one attached hydrogen (secondary N) is 1. The number of sulfone groups is 1. The average Bonchev–Trinajstić information content (AvgIpc) is 2.83. The van der Waals surface area contributed by atoms with Crippen molar-refractivity contribution in [1.29, 1.82) is 0 Å². The van der Waals surface area contributed by atoms with Crippen LogP contribution in [0.1, 0.15) is 43.0 Å². The van der Waals surface area contributed by atoms with Crippen LogP contribution in [0.5, 0.6) is 5.75 Å². The van der Waals surface area contributed by atoms with Crippen molar-refractivity contribution < 1.29 is 17.9 Å². The molecule has 1 aromatic carbocycles. The lowest BCUT2D eigenvalue weighted by Crippen LogP contribution is -2.35. The number of benzene rings is 1. The molecule has 0 bridgehead atoms. The summed E-state index contributed by atoms with van der Waals surface area (Å²) in [4.78, 5) is 12.1. The van der Waals surface area contributed by atoms with Crippen LogP contribution in [0, 0.1) is 0 Å². The van der Waals surface area contributed by atoms with E-state index in [0.29, 0.717) is 18.6 Å². The van der Waals surface area contributed by atoms with Crippen molar-refractivity contribution in [3.63, 3.8) is 0 Å². The van der Waals surface area contributed by atoms with Crippen LogP contribution < -0.4 is 10.1 Å². The SMILES string of the molecule is CCCCCOc1ccc(C(=O)N[C@H]2CCS(=O)(=O)C2)cc1. The first-order valence-corrected chi connectivity index (χ1v) is 9.56. The third-order valence-electron chi connectivity index (χ3n) is 3.70. The Labute approximate surface area is 132 Å². The van der Waals surface area contributed by atoms with Gasteiger partial charge in [-0.1, -0.05) is 19.8 Å². The number of amides is 1. The summed E-state index contributed by atoms with van der Waals surface area (Å²) >= 11 is 0. The minimum Gasteiger partial charge on any atom is -0.494 e. The van der Waals surface area contributed by atoms with Crippen LogP contribution in [0.2, 0.25) is 0 Å². The number of ether oxygens (including phenoxy) is 1. The van der Waals surface area contributed by atoms with Gasteiger partial charge in [0.2, 0.25) is 0 Å². The molecule has 0 unspecified atom stereocenters.